The molecule has 0 bridgehead atoms. The molecule has 1 unspecified atom stereocenters. The predicted octanol–water partition coefficient (Wildman–Crippen LogP) is 2.88. The molecule has 0 aromatic carbocycles. The number of amides is 1. The highest BCUT2D eigenvalue weighted by molar-refractivity contribution is 5.85. The van der Waals surface area contributed by atoms with Crippen LogP contribution >= 0.6 is 0 Å². The summed E-state index contributed by atoms with van der Waals surface area (Å²) in [7, 11) is 1.71. The molecule has 0 saturated heterocycles. The normalized spacial score (nSPS) is 12.8. The summed E-state index contributed by atoms with van der Waals surface area (Å²) in [6, 6.07) is 3.61. The first-order valence-corrected chi connectivity index (χ1v) is 7.27. The largest absolute Gasteiger partial charge is 0.481 e. The lowest BCUT2D eigenvalue weighted by atomic mass is 9.79. The fraction of sp³-hybridized carbons (Fsp3) is 0.562. The second-order valence-electron chi connectivity index (χ2n) is 5.43. The fourth-order valence-electron chi connectivity index (χ4n) is 2.37. The van der Waals surface area contributed by atoms with Gasteiger partial charge in [0.25, 0.3) is 0 Å². The summed E-state index contributed by atoms with van der Waals surface area (Å²) >= 11 is 0. The summed E-state index contributed by atoms with van der Waals surface area (Å²) in [4.78, 5) is 29.5. The Labute approximate surface area is 126 Å². The number of carboxylic acid groups (broad SMARTS) is 1. The van der Waals surface area contributed by atoms with Crippen LogP contribution in [0.2, 0.25) is 0 Å². The van der Waals surface area contributed by atoms with Gasteiger partial charge in [-0.2, -0.15) is 0 Å². The number of carbonyl (C=O) groups is 2. The molecule has 0 aliphatic rings. The highest BCUT2D eigenvalue weighted by atomic mass is 16.4. The van der Waals surface area contributed by atoms with Gasteiger partial charge in [-0.1, -0.05) is 13.8 Å². The Morgan fingerprint density at radius 3 is 2.24 bits per heavy atom. The van der Waals surface area contributed by atoms with Crippen molar-refractivity contribution in [1.29, 1.82) is 0 Å². The van der Waals surface area contributed by atoms with Crippen LogP contribution in [0.3, 0.4) is 0 Å². The molecule has 1 N–H and O–H groups in total. The first kappa shape index (κ1) is 17.1. The van der Waals surface area contributed by atoms with E-state index in [1.54, 1.807) is 24.3 Å². The van der Waals surface area contributed by atoms with Crippen LogP contribution in [0.5, 0.6) is 0 Å². The molecular weight excluding hydrogens is 268 g/mol. The van der Waals surface area contributed by atoms with Crippen LogP contribution in [0.1, 0.15) is 51.6 Å². The average Bonchev–Trinajstić information content (AvgIpc) is 2.51. The standard InChI is InChI=1S/C16H24N2O3/c1-5-16(6-2,15(20)21)11-14(19)18(4)12(3)13-7-9-17-10-8-13/h7-10,12H,5-6,11H2,1-4H3,(H,20,21). The van der Waals surface area contributed by atoms with Crippen molar-refractivity contribution in [2.45, 2.75) is 46.1 Å². The monoisotopic (exact) mass is 292 g/mol. The number of carbonyl (C=O) groups excluding carboxylic acids is 1. The number of carboxylic acids is 1. The minimum atomic E-state index is -0.969. The molecule has 5 heteroatoms. The SMILES string of the molecule is CCC(CC)(CC(=O)N(C)C(C)c1ccncc1)C(=O)O. The first-order valence-electron chi connectivity index (χ1n) is 7.27. The van der Waals surface area contributed by atoms with Crippen LogP contribution in [-0.4, -0.2) is 33.9 Å². The summed E-state index contributed by atoms with van der Waals surface area (Å²) in [5, 5.41) is 9.43. The van der Waals surface area contributed by atoms with Gasteiger partial charge in [-0.25, -0.2) is 0 Å². The number of hydrogen-bond donors (Lipinski definition) is 1. The molecule has 116 valence electrons. The molecule has 1 aromatic rings. The van der Waals surface area contributed by atoms with E-state index in [0.29, 0.717) is 12.8 Å². The molecule has 1 heterocycles. The van der Waals surface area contributed by atoms with E-state index in [-0.39, 0.29) is 18.4 Å². The zero-order valence-corrected chi connectivity index (χ0v) is 13.2. The Morgan fingerprint density at radius 1 is 1.29 bits per heavy atom. The molecular formula is C16H24N2O3. The van der Waals surface area contributed by atoms with Crippen LogP contribution in [-0.2, 0) is 9.59 Å². The van der Waals surface area contributed by atoms with Crippen molar-refractivity contribution in [3.63, 3.8) is 0 Å². The van der Waals surface area contributed by atoms with E-state index in [9.17, 15) is 14.7 Å². The van der Waals surface area contributed by atoms with Crippen molar-refractivity contribution >= 4 is 11.9 Å². The minimum Gasteiger partial charge on any atom is -0.481 e. The highest BCUT2D eigenvalue weighted by Gasteiger charge is 2.38. The maximum Gasteiger partial charge on any atom is 0.310 e. The molecule has 1 rings (SSSR count). The zero-order chi connectivity index (χ0) is 16.0. The summed E-state index contributed by atoms with van der Waals surface area (Å²) in [6.07, 6.45) is 4.29. The van der Waals surface area contributed by atoms with Crippen molar-refractivity contribution in [2.24, 2.45) is 5.41 Å². The predicted molar refractivity (Wildman–Crippen MR) is 80.7 cm³/mol. The third kappa shape index (κ3) is 3.80. The van der Waals surface area contributed by atoms with Gasteiger partial charge in [0.05, 0.1) is 11.5 Å². The van der Waals surface area contributed by atoms with E-state index in [1.807, 2.05) is 32.9 Å². The Balaban J connectivity index is 2.85. The molecule has 21 heavy (non-hydrogen) atoms. The van der Waals surface area contributed by atoms with E-state index in [1.165, 1.54) is 0 Å². The van der Waals surface area contributed by atoms with Gasteiger partial charge in [-0.15, -0.1) is 0 Å². The quantitative estimate of drug-likeness (QED) is 0.839. The lowest BCUT2D eigenvalue weighted by molar-refractivity contribution is -0.154. The molecule has 0 aliphatic carbocycles. The second-order valence-corrected chi connectivity index (χ2v) is 5.43. The van der Waals surface area contributed by atoms with Crippen LogP contribution in [0.4, 0.5) is 0 Å². The van der Waals surface area contributed by atoms with Gasteiger partial charge in [0.1, 0.15) is 0 Å². The zero-order valence-electron chi connectivity index (χ0n) is 13.2. The Kier molecular flexibility index (Phi) is 5.88. The van der Waals surface area contributed by atoms with Gasteiger partial charge in [0.2, 0.25) is 5.91 Å². The molecule has 0 radical (unpaired) electrons. The molecule has 0 aliphatic heterocycles. The summed E-state index contributed by atoms with van der Waals surface area (Å²) in [5.41, 5.74) is 0.0123. The molecule has 0 spiro atoms. The number of rotatable bonds is 7. The summed E-state index contributed by atoms with van der Waals surface area (Å²) in [6.45, 7) is 5.56. The van der Waals surface area contributed by atoms with Crippen molar-refractivity contribution in [2.75, 3.05) is 7.05 Å². The van der Waals surface area contributed by atoms with Crippen LogP contribution in [0, 0.1) is 5.41 Å². The summed E-state index contributed by atoms with van der Waals surface area (Å²) < 4.78 is 0. The number of hydrogen-bond acceptors (Lipinski definition) is 3. The molecule has 0 fully saturated rings. The fourth-order valence-corrected chi connectivity index (χ4v) is 2.37. The Morgan fingerprint density at radius 2 is 1.81 bits per heavy atom. The van der Waals surface area contributed by atoms with Gasteiger partial charge >= 0.3 is 5.97 Å². The summed E-state index contributed by atoms with van der Waals surface area (Å²) in [5.74, 6) is -1.05. The van der Waals surface area contributed by atoms with Crippen molar-refractivity contribution in [3.05, 3.63) is 30.1 Å². The molecule has 1 atom stereocenters. The smallest absolute Gasteiger partial charge is 0.310 e. The first-order chi connectivity index (χ1) is 9.88. The molecule has 0 saturated carbocycles. The highest BCUT2D eigenvalue weighted by Crippen LogP contribution is 2.32. The molecule has 5 nitrogen and oxygen atoms in total. The lowest BCUT2D eigenvalue weighted by Crippen LogP contribution is -2.38. The van der Waals surface area contributed by atoms with Gasteiger partial charge in [-0.05, 0) is 37.5 Å². The van der Waals surface area contributed by atoms with E-state index >= 15 is 0 Å². The maximum absolute atomic E-state index is 12.4. The Bertz CT molecular complexity index is 484. The van der Waals surface area contributed by atoms with Crippen LogP contribution in [0.15, 0.2) is 24.5 Å². The van der Waals surface area contributed by atoms with E-state index in [2.05, 4.69) is 4.98 Å². The van der Waals surface area contributed by atoms with Crippen LogP contribution in [0.25, 0.3) is 0 Å². The number of aliphatic carboxylic acids is 1. The van der Waals surface area contributed by atoms with Gasteiger partial charge in [-0.3, -0.25) is 14.6 Å². The van der Waals surface area contributed by atoms with E-state index in [4.69, 9.17) is 0 Å². The van der Waals surface area contributed by atoms with Crippen molar-refractivity contribution in [3.8, 4) is 0 Å². The van der Waals surface area contributed by atoms with Crippen LogP contribution < -0.4 is 0 Å². The third-order valence-electron chi connectivity index (χ3n) is 4.46. The minimum absolute atomic E-state index is 0.0290. The maximum atomic E-state index is 12.4. The number of aromatic nitrogens is 1. The number of pyridine rings is 1. The van der Waals surface area contributed by atoms with E-state index < -0.39 is 11.4 Å². The van der Waals surface area contributed by atoms with Crippen molar-refractivity contribution in [1.82, 2.24) is 9.88 Å². The molecule has 1 amide bonds. The average molecular weight is 292 g/mol. The van der Waals surface area contributed by atoms with Gasteiger partial charge in [0.15, 0.2) is 0 Å². The van der Waals surface area contributed by atoms with E-state index in [0.717, 1.165) is 5.56 Å². The van der Waals surface area contributed by atoms with Gasteiger partial charge < -0.3 is 10.0 Å². The number of nitrogens with zero attached hydrogens (tertiary/aromatic N) is 2. The lowest BCUT2D eigenvalue weighted by Gasteiger charge is -2.31. The third-order valence-corrected chi connectivity index (χ3v) is 4.46. The van der Waals surface area contributed by atoms with Gasteiger partial charge in [0, 0.05) is 25.9 Å². The van der Waals surface area contributed by atoms with Crippen molar-refractivity contribution < 1.29 is 14.7 Å². The topological polar surface area (TPSA) is 70.5 Å². The second kappa shape index (κ2) is 7.20. The Hall–Kier alpha value is -1.91. The molecule has 1 aromatic heterocycles.